The molecule has 24 nitrogen and oxygen atoms in total. The molecule has 3 heterocycles. The fourth-order valence-corrected chi connectivity index (χ4v) is 20.0. The van der Waals surface area contributed by atoms with E-state index in [1.54, 1.807) is 72.8 Å². The van der Waals surface area contributed by atoms with Crippen LogP contribution in [0.5, 0.6) is 0 Å². The number of hydrogen-bond donors (Lipinski definition) is 2. The van der Waals surface area contributed by atoms with Crippen LogP contribution < -0.4 is 10.0 Å². The molecule has 118 heavy (non-hydrogen) atoms. The standard InChI is InChI=1S/C85H112Cl6N6O18S3/c1-94-56-76(73-50-65(86)53-82(89)79(73)59-94)62-11-4-16-70(47-62)116(101,102)45-9-29-109-35-41-113-39-33-107-27-7-14-68(98)19-24-97(25-20-69(99)15-8-28-108-34-40-114-42-36-110-30-10-46-117(103,104)71-17-5-12-63(48-71)77-57-95(2)60-80-74(77)51-66(87)54-83(80)90)26-21-85(100)92-22-31-111-37-43-115-44-38-112-32-23-93-118(105,106)72-18-6-13-64(49-72)78-58-96(3)61-81-75(78)52-67(88)55-84(81)91/h4-6,11-13,16-18,47-55,76-78,93H,7-10,14-15,19-46,56-61H2,1-3H3,(H,92,100)/t76-,77-,78-/m0/s1. The second-order valence-electron chi connectivity index (χ2n) is 29.8. The van der Waals surface area contributed by atoms with Gasteiger partial charge in [-0.25, -0.2) is 30.0 Å². The summed E-state index contributed by atoms with van der Waals surface area (Å²) in [4.78, 5) is 48.4. The number of benzene rings is 6. The molecule has 0 radical (unpaired) electrons. The van der Waals surface area contributed by atoms with Gasteiger partial charge in [0.25, 0.3) is 0 Å². The van der Waals surface area contributed by atoms with Gasteiger partial charge in [-0.1, -0.05) is 106 Å². The average molecular weight is 1810 g/mol. The third-order valence-electron chi connectivity index (χ3n) is 20.6. The largest absolute Gasteiger partial charge is 0.379 e. The number of carbonyl (C=O) groups is 3. The van der Waals surface area contributed by atoms with Crippen LogP contribution in [0.25, 0.3) is 0 Å². The average Bonchev–Trinajstić information content (AvgIpc) is 0.781. The van der Waals surface area contributed by atoms with Crippen molar-refractivity contribution in [1.29, 1.82) is 0 Å². The van der Waals surface area contributed by atoms with E-state index in [9.17, 15) is 39.6 Å². The maximum Gasteiger partial charge on any atom is 0.240 e. The number of rotatable bonds is 56. The Morgan fingerprint density at radius 3 is 1.07 bits per heavy atom. The Morgan fingerprint density at radius 2 is 0.695 bits per heavy atom. The Balaban J connectivity index is 0.605. The zero-order valence-corrected chi connectivity index (χ0v) is 74.5. The van der Waals surface area contributed by atoms with E-state index in [4.69, 9.17) is 112 Å². The van der Waals surface area contributed by atoms with E-state index in [-0.39, 0.29) is 160 Å². The van der Waals surface area contributed by atoms with Gasteiger partial charge in [-0.2, -0.15) is 0 Å². The van der Waals surface area contributed by atoms with Crippen molar-refractivity contribution in [2.75, 3.05) is 204 Å². The summed E-state index contributed by atoms with van der Waals surface area (Å²) in [5.41, 5.74) is 8.56. The number of sulfone groups is 2. The topological polar surface area (TPSA) is 274 Å². The summed E-state index contributed by atoms with van der Waals surface area (Å²) < 4.78 is 134. The number of ketones is 2. The number of sulfonamides is 1. The molecule has 0 saturated carbocycles. The van der Waals surface area contributed by atoms with Gasteiger partial charge in [-0.3, -0.25) is 14.4 Å². The van der Waals surface area contributed by atoms with Gasteiger partial charge in [0.2, 0.25) is 15.9 Å². The molecule has 3 aliphatic heterocycles. The highest BCUT2D eigenvalue weighted by molar-refractivity contribution is 7.91. The summed E-state index contributed by atoms with van der Waals surface area (Å²) in [5.74, 6) is -0.588. The Morgan fingerprint density at radius 1 is 0.381 bits per heavy atom. The molecule has 6 aromatic rings. The SMILES string of the molecule is CN1Cc2c(Cl)cc(Cl)cc2[C@H](c2cccc(S(=O)(=O)CCCOCCOCCOCCCC(=O)CCN(CCC(=O)CCCOCCOCCOCCCS(=O)(=O)c3cccc([C@@H]4CN(C)Cc5c(Cl)cc(Cl)cc54)c3)CCC(=O)NCCOCCOCCOCCNS(=O)(=O)c3cccc([C@@H]4CN(C)Cc5c(Cl)cc(Cl)cc54)c3)c2)C1. The molecule has 0 saturated heterocycles. The predicted octanol–water partition coefficient (Wildman–Crippen LogP) is 12.8. The summed E-state index contributed by atoms with van der Waals surface area (Å²) in [7, 11) is -4.98. The number of likely N-dealkylation sites (N-methyl/N-ethyl adjacent to an activating group) is 3. The number of fused-ring (bicyclic) bond motifs is 3. The number of hydrogen-bond acceptors (Lipinski definition) is 22. The minimum absolute atomic E-state index is 0.0280. The molecule has 0 bridgehead atoms. The second kappa shape index (κ2) is 50.2. The smallest absolute Gasteiger partial charge is 0.240 e. The van der Waals surface area contributed by atoms with Crippen LogP contribution in [0.4, 0.5) is 0 Å². The van der Waals surface area contributed by atoms with Crippen LogP contribution in [-0.4, -0.2) is 266 Å². The molecule has 9 rings (SSSR count). The molecule has 3 aliphatic rings. The first-order valence-electron chi connectivity index (χ1n) is 40.2. The lowest BCUT2D eigenvalue weighted by atomic mass is 9.85. The minimum atomic E-state index is -3.83. The molecule has 0 unspecified atom stereocenters. The molecule has 3 atom stereocenters. The van der Waals surface area contributed by atoms with Crippen LogP contribution in [0.3, 0.4) is 0 Å². The number of nitrogens with one attached hydrogen (secondary N) is 2. The lowest BCUT2D eigenvalue weighted by molar-refractivity contribution is -0.121. The molecule has 0 aromatic heterocycles. The fourth-order valence-electron chi connectivity index (χ4n) is 14.5. The van der Waals surface area contributed by atoms with E-state index in [0.29, 0.717) is 180 Å². The summed E-state index contributed by atoms with van der Waals surface area (Å²) in [6.45, 7) is 10.5. The van der Waals surface area contributed by atoms with Crippen molar-refractivity contribution in [2.45, 2.75) is 110 Å². The van der Waals surface area contributed by atoms with E-state index >= 15 is 0 Å². The van der Waals surface area contributed by atoms with Crippen LogP contribution in [-0.2, 0) is 106 Å². The second-order valence-corrected chi connectivity index (χ2v) is 38.3. The van der Waals surface area contributed by atoms with E-state index in [0.717, 1.165) is 50.1 Å². The number of amides is 1. The first-order chi connectivity index (χ1) is 56.7. The van der Waals surface area contributed by atoms with Gasteiger partial charge in [0, 0.05) is 178 Å². The molecule has 2 N–H and O–H groups in total. The predicted molar refractivity (Wildman–Crippen MR) is 461 cm³/mol. The van der Waals surface area contributed by atoms with Gasteiger partial charge in [-0.15, -0.1) is 0 Å². The fraction of sp³-hybridized carbons (Fsp3) is 0.541. The van der Waals surface area contributed by atoms with Crippen molar-refractivity contribution < 1.29 is 82.3 Å². The zero-order chi connectivity index (χ0) is 84.5. The van der Waals surface area contributed by atoms with Crippen molar-refractivity contribution in [2.24, 2.45) is 0 Å². The van der Waals surface area contributed by atoms with Crippen LogP contribution >= 0.6 is 69.6 Å². The molecule has 1 amide bonds. The molecular weight excluding hydrogens is 1700 g/mol. The van der Waals surface area contributed by atoms with Gasteiger partial charge < -0.3 is 67.5 Å². The van der Waals surface area contributed by atoms with E-state index in [1.807, 2.05) is 62.4 Å². The van der Waals surface area contributed by atoms with Gasteiger partial charge in [0.05, 0.1) is 119 Å². The highest BCUT2D eigenvalue weighted by Crippen LogP contribution is 2.42. The van der Waals surface area contributed by atoms with Gasteiger partial charge in [0.1, 0.15) is 11.6 Å². The quantitative estimate of drug-likeness (QED) is 0.0336. The molecule has 33 heteroatoms. The Bertz CT molecular complexity index is 4130. The molecular formula is C85H112Cl6N6O18S3. The van der Waals surface area contributed by atoms with E-state index in [1.165, 1.54) is 0 Å². The number of ether oxygens (including phenoxy) is 9. The van der Waals surface area contributed by atoms with Gasteiger partial charge in [0.15, 0.2) is 19.7 Å². The number of nitrogens with zero attached hydrogens (tertiary/aromatic N) is 4. The summed E-state index contributed by atoms with van der Waals surface area (Å²) in [5, 5.41) is 6.26. The third kappa shape index (κ3) is 32.0. The van der Waals surface area contributed by atoms with Crippen molar-refractivity contribution in [1.82, 2.24) is 29.6 Å². The van der Waals surface area contributed by atoms with Crippen molar-refractivity contribution in [3.05, 3.63) is 189 Å². The molecule has 0 fully saturated rings. The Labute approximate surface area is 726 Å². The summed E-state index contributed by atoms with van der Waals surface area (Å²) >= 11 is 38.9. The lowest BCUT2D eigenvalue weighted by Crippen LogP contribution is -2.34. The highest BCUT2D eigenvalue weighted by Gasteiger charge is 2.32. The van der Waals surface area contributed by atoms with Crippen LogP contribution in [0.2, 0.25) is 30.1 Å². The van der Waals surface area contributed by atoms with E-state index < -0.39 is 29.7 Å². The zero-order valence-electron chi connectivity index (χ0n) is 67.5. The molecule has 0 spiro atoms. The number of carbonyl (C=O) groups excluding carboxylic acids is 3. The van der Waals surface area contributed by atoms with Crippen molar-refractivity contribution >= 4 is 117 Å². The number of halogens is 6. The molecule has 6 aromatic carbocycles. The van der Waals surface area contributed by atoms with Crippen molar-refractivity contribution in [3.8, 4) is 0 Å². The maximum atomic E-state index is 13.4. The maximum absolute atomic E-state index is 13.4. The first-order valence-corrected chi connectivity index (χ1v) is 47.2. The Kier molecular flexibility index (Phi) is 41.3. The van der Waals surface area contributed by atoms with E-state index in [2.05, 4.69) is 24.7 Å². The summed E-state index contributed by atoms with van der Waals surface area (Å²) in [6, 6.07) is 32.0. The van der Waals surface area contributed by atoms with Crippen LogP contribution in [0.1, 0.15) is 126 Å². The molecule has 650 valence electrons. The lowest BCUT2D eigenvalue weighted by Gasteiger charge is -2.33. The highest BCUT2D eigenvalue weighted by atomic mass is 35.5. The van der Waals surface area contributed by atoms with Gasteiger partial charge in [-0.05, 0) is 170 Å². The Hall–Kier alpha value is -4.84. The number of Topliss-reactive ketones (excluding diaryl/α,β-unsaturated/α-hetero) is 2. The first kappa shape index (κ1) is 97.0. The summed E-state index contributed by atoms with van der Waals surface area (Å²) in [6.07, 6.45) is 2.82. The van der Waals surface area contributed by atoms with Crippen LogP contribution in [0.15, 0.2) is 124 Å². The monoisotopic (exact) mass is 1810 g/mol. The van der Waals surface area contributed by atoms with Crippen molar-refractivity contribution in [3.63, 3.8) is 0 Å². The van der Waals surface area contributed by atoms with Gasteiger partial charge >= 0.3 is 0 Å². The van der Waals surface area contributed by atoms with Crippen LogP contribution in [0, 0.1) is 0 Å². The minimum Gasteiger partial charge on any atom is -0.379 e. The third-order valence-corrected chi connectivity index (χ3v) is 27.3. The normalized spacial score (nSPS) is 16.1. The molecule has 0 aliphatic carbocycles.